The first-order valence-corrected chi connectivity index (χ1v) is 8.62. The van der Waals surface area contributed by atoms with Crippen LogP contribution in [0.4, 0.5) is 0 Å². The maximum atomic E-state index is 12.6. The molecule has 2 aromatic heterocycles. The molecule has 0 spiro atoms. The molecule has 2 heterocycles. The number of H-pyrrole nitrogens is 1. The van der Waals surface area contributed by atoms with Crippen LogP contribution in [0.5, 0.6) is 0 Å². The normalized spacial score (nSPS) is 14.2. The lowest BCUT2D eigenvalue weighted by molar-refractivity contribution is 0.477. The van der Waals surface area contributed by atoms with Crippen LogP contribution in [-0.4, -0.2) is 24.7 Å². The van der Waals surface area contributed by atoms with E-state index >= 15 is 0 Å². The number of rotatable bonds is 3. The Labute approximate surface area is 146 Å². The van der Waals surface area contributed by atoms with Crippen LogP contribution in [0, 0.1) is 6.92 Å². The van der Waals surface area contributed by atoms with Crippen LogP contribution in [0.2, 0.25) is 0 Å². The zero-order chi connectivity index (χ0) is 17.6. The third-order valence-corrected chi connectivity index (χ3v) is 4.72. The van der Waals surface area contributed by atoms with Crippen LogP contribution in [0.25, 0.3) is 11.4 Å². The van der Waals surface area contributed by atoms with Gasteiger partial charge in [-0.1, -0.05) is 38.1 Å². The number of benzene rings is 1. The molecule has 1 aliphatic rings. The smallest absolute Gasteiger partial charge is 0.261 e. The summed E-state index contributed by atoms with van der Waals surface area (Å²) in [5.74, 6) is 2.12. The van der Waals surface area contributed by atoms with Crippen molar-refractivity contribution in [2.45, 2.75) is 45.6 Å². The first-order chi connectivity index (χ1) is 12.0. The molecule has 0 bridgehead atoms. The van der Waals surface area contributed by atoms with Crippen molar-refractivity contribution in [3.05, 3.63) is 63.6 Å². The molecule has 4 rings (SSSR count). The molecule has 0 unspecified atom stereocenters. The molecule has 1 aromatic carbocycles. The summed E-state index contributed by atoms with van der Waals surface area (Å²) in [6.45, 7) is 5.85. The first kappa shape index (κ1) is 15.7. The summed E-state index contributed by atoms with van der Waals surface area (Å²) < 4.78 is 1.90. The van der Waals surface area contributed by atoms with Gasteiger partial charge in [-0.2, -0.15) is 5.10 Å². The molecule has 25 heavy (non-hydrogen) atoms. The Hall–Kier alpha value is -2.76. The molecule has 6 nitrogen and oxygen atoms in total. The molecule has 3 aromatic rings. The fourth-order valence-electron chi connectivity index (χ4n) is 3.44. The SMILES string of the molecule is Cc1nc(-c2cnc(C(C)C)[nH]c2=O)n(C2Cc3ccccc3C2)n1. The van der Waals surface area contributed by atoms with Gasteiger partial charge in [0.05, 0.1) is 6.04 Å². The summed E-state index contributed by atoms with van der Waals surface area (Å²) in [6.07, 6.45) is 3.43. The van der Waals surface area contributed by atoms with Gasteiger partial charge in [-0.3, -0.25) is 4.79 Å². The fourth-order valence-corrected chi connectivity index (χ4v) is 3.44. The highest BCUT2D eigenvalue weighted by Crippen LogP contribution is 2.31. The third kappa shape index (κ3) is 2.77. The van der Waals surface area contributed by atoms with Crippen LogP contribution in [0.3, 0.4) is 0 Å². The van der Waals surface area contributed by atoms with Gasteiger partial charge in [0.1, 0.15) is 17.2 Å². The highest BCUT2D eigenvalue weighted by atomic mass is 16.1. The summed E-state index contributed by atoms with van der Waals surface area (Å²) in [7, 11) is 0. The Kier molecular flexibility index (Phi) is 3.75. The molecule has 0 saturated carbocycles. The van der Waals surface area contributed by atoms with E-state index < -0.39 is 0 Å². The zero-order valence-electron chi connectivity index (χ0n) is 14.7. The maximum Gasteiger partial charge on any atom is 0.261 e. The number of nitrogens with zero attached hydrogens (tertiary/aromatic N) is 4. The topological polar surface area (TPSA) is 76.5 Å². The van der Waals surface area contributed by atoms with Crippen molar-refractivity contribution in [3.63, 3.8) is 0 Å². The second-order valence-corrected chi connectivity index (χ2v) is 6.92. The van der Waals surface area contributed by atoms with E-state index in [0.717, 1.165) is 12.8 Å². The standard InChI is InChI=1S/C19H21N5O/c1-11(2)17-20-10-16(19(25)22-17)18-21-12(3)23-24(18)15-8-13-6-4-5-7-14(13)9-15/h4-7,10-11,15H,8-9H2,1-3H3,(H,20,22,25). The largest absolute Gasteiger partial charge is 0.310 e. The average Bonchev–Trinajstić information content (AvgIpc) is 3.17. The van der Waals surface area contributed by atoms with Crippen molar-refractivity contribution < 1.29 is 0 Å². The number of aromatic nitrogens is 5. The van der Waals surface area contributed by atoms with E-state index in [0.29, 0.717) is 23.0 Å². The molecule has 0 saturated heterocycles. The predicted octanol–water partition coefficient (Wildman–Crippen LogP) is 2.80. The van der Waals surface area contributed by atoms with E-state index in [1.807, 2.05) is 25.5 Å². The molecule has 0 atom stereocenters. The van der Waals surface area contributed by atoms with Crippen molar-refractivity contribution in [1.29, 1.82) is 0 Å². The Bertz CT molecular complexity index is 960. The van der Waals surface area contributed by atoms with Gasteiger partial charge >= 0.3 is 0 Å². The van der Waals surface area contributed by atoms with Gasteiger partial charge in [0.15, 0.2) is 5.82 Å². The van der Waals surface area contributed by atoms with E-state index in [-0.39, 0.29) is 17.5 Å². The van der Waals surface area contributed by atoms with E-state index in [1.165, 1.54) is 11.1 Å². The van der Waals surface area contributed by atoms with E-state index in [9.17, 15) is 4.79 Å². The lowest BCUT2D eigenvalue weighted by Crippen LogP contribution is -2.19. The van der Waals surface area contributed by atoms with Gasteiger partial charge in [0.2, 0.25) is 0 Å². The van der Waals surface area contributed by atoms with Gasteiger partial charge in [-0.15, -0.1) is 0 Å². The highest BCUT2D eigenvalue weighted by Gasteiger charge is 2.27. The van der Waals surface area contributed by atoms with Gasteiger partial charge in [-0.25, -0.2) is 14.6 Å². The van der Waals surface area contributed by atoms with Gasteiger partial charge < -0.3 is 4.98 Å². The minimum Gasteiger partial charge on any atom is -0.310 e. The van der Waals surface area contributed by atoms with E-state index in [1.54, 1.807) is 6.20 Å². The second kappa shape index (κ2) is 5.95. The minimum absolute atomic E-state index is 0.164. The summed E-state index contributed by atoms with van der Waals surface area (Å²) >= 11 is 0. The van der Waals surface area contributed by atoms with Gasteiger partial charge in [-0.05, 0) is 30.9 Å². The Balaban J connectivity index is 1.75. The number of fused-ring (bicyclic) bond motifs is 1. The number of aryl methyl sites for hydroxylation is 1. The maximum absolute atomic E-state index is 12.6. The molecule has 0 aliphatic heterocycles. The molecule has 128 valence electrons. The van der Waals surface area contributed by atoms with Crippen LogP contribution in [0.15, 0.2) is 35.3 Å². The lowest BCUT2D eigenvalue weighted by atomic mass is 10.1. The molecule has 6 heteroatoms. The summed E-state index contributed by atoms with van der Waals surface area (Å²) in [4.78, 5) is 24.3. The number of nitrogens with one attached hydrogen (secondary N) is 1. The van der Waals surface area contributed by atoms with Crippen LogP contribution < -0.4 is 5.56 Å². The molecular weight excluding hydrogens is 314 g/mol. The number of aromatic amines is 1. The molecular formula is C19H21N5O. The van der Waals surface area contributed by atoms with Crippen LogP contribution in [0.1, 0.15) is 48.6 Å². The van der Waals surface area contributed by atoms with Crippen molar-refractivity contribution in [2.24, 2.45) is 0 Å². The highest BCUT2D eigenvalue weighted by molar-refractivity contribution is 5.53. The Morgan fingerprint density at radius 2 is 1.88 bits per heavy atom. The van der Waals surface area contributed by atoms with E-state index in [2.05, 4.69) is 44.3 Å². The lowest BCUT2D eigenvalue weighted by Gasteiger charge is -2.13. The van der Waals surface area contributed by atoms with Crippen LogP contribution in [-0.2, 0) is 12.8 Å². The first-order valence-electron chi connectivity index (χ1n) is 8.62. The second-order valence-electron chi connectivity index (χ2n) is 6.92. The number of hydrogen-bond donors (Lipinski definition) is 1. The quantitative estimate of drug-likeness (QED) is 0.798. The van der Waals surface area contributed by atoms with Crippen LogP contribution >= 0.6 is 0 Å². The molecule has 1 N–H and O–H groups in total. The zero-order valence-corrected chi connectivity index (χ0v) is 14.7. The van der Waals surface area contributed by atoms with Gasteiger partial charge in [0, 0.05) is 12.1 Å². The fraction of sp³-hybridized carbons (Fsp3) is 0.368. The minimum atomic E-state index is -0.164. The Morgan fingerprint density at radius 1 is 1.20 bits per heavy atom. The molecule has 1 aliphatic carbocycles. The van der Waals surface area contributed by atoms with Crippen molar-refractivity contribution in [2.75, 3.05) is 0 Å². The average molecular weight is 335 g/mol. The third-order valence-electron chi connectivity index (χ3n) is 4.72. The van der Waals surface area contributed by atoms with Crippen molar-refractivity contribution in [1.82, 2.24) is 24.7 Å². The van der Waals surface area contributed by atoms with Crippen molar-refractivity contribution >= 4 is 0 Å². The molecule has 0 radical (unpaired) electrons. The summed E-state index contributed by atoms with van der Waals surface area (Å²) in [5.41, 5.74) is 2.99. The number of hydrogen-bond acceptors (Lipinski definition) is 4. The predicted molar refractivity (Wildman–Crippen MR) is 95.6 cm³/mol. The summed E-state index contributed by atoms with van der Waals surface area (Å²) in [6, 6.07) is 8.62. The molecule has 0 fully saturated rings. The Morgan fingerprint density at radius 3 is 2.48 bits per heavy atom. The summed E-state index contributed by atoms with van der Waals surface area (Å²) in [5, 5.41) is 4.58. The monoisotopic (exact) mass is 335 g/mol. The molecule has 0 amide bonds. The van der Waals surface area contributed by atoms with E-state index in [4.69, 9.17) is 0 Å². The van der Waals surface area contributed by atoms with Gasteiger partial charge in [0.25, 0.3) is 5.56 Å². The van der Waals surface area contributed by atoms with Crippen molar-refractivity contribution in [3.8, 4) is 11.4 Å².